The molecule has 1 heterocycles. The molecule has 0 N–H and O–H groups in total. The highest BCUT2D eigenvalue weighted by molar-refractivity contribution is 6.29. The first-order valence-electron chi connectivity index (χ1n) is 5.66. The number of aromatic nitrogens is 1. The summed E-state index contributed by atoms with van der Waals surface area (Å²) < 4.78 is 10.7. The van der Waals surface area contributed by atoms with Gasteiger partial charge in [0.2, 0.25) is 0 Å². The normalized spacial score (nSPS) is 10.1. The van der Waals surface area contributed by atoms with Crippen LogP contribution in [0.1, 0.15) is 5.56 Å². The van der Waals surface area contributed by atoms with Crippen molar-refractivity contribution in [2.45, 2.75) is 6.61 Å². The molecule has 0 aliphatic heterocycles. The van der Waals surface area contributed by atoms with E-state index in [2.05, 4.69) is 4.98 Å². The van der Waals surface area contributed by atoms with Gasteiger partial charge in [-0.3, -0.25) is 10.1 Å². The van der Waals surface area contributed by atoms with Crippen LogP contribution >= 0.6 is 11.6 Å². The Morgan fingerprint density at radius 1 is 1.30 bits per heavy atom. The minimum atomic E-state index is -0.491. The topological polar surface area (TPSA) is 74.5 Å². The molecule has 0 saturated heterocycles. The number of nitrogens with zero attached hydrogens (tertiary/aromatic N) is 2. The molecule has 20 heavy (non-hydrogen) atoms. The van der Waals surface area contributed by atoms with Crippen molar-refractivity contribution in [3.63, 3.8) is 0 Å². The molecule has 6 nitrogen and oxygen atoms in total. The van der Waals surface area contributed by atoms with Gasteiger partial charge in [0, 0.05) is 12.3 Å². The number of methoxy groups -OCH3 is 1. The summed E-state index contributed by atoms with van der Waals surface area (Å²) >= 11 is 5.77. The Kier molecular flexibility index (Phi) is 4.37. The SMILES string of the molecule is COc1cc([N+](=O)[O-])ccc1OCc1ccnc(Cl)c1. The summed E-state index contributed by atoms with van der Waals surface area (Å²) in [6.45, 7) is 0.260. The first-order chi connectivity index (χ1) is 9.60. The summed E-state index contributed by atoms with van der Waals surface area (Å²) in [4.78, 5) is 14.1. The van der Waals surface area contributed by atoms with E-state index in [-0.39, 0.29) is 12.3 Å². The van der Waals surface area contributed by atoms with Crippen molar-refractivity contribution in [3.05, 3.63) is 57.4 Å². The van der Waals surface area contributed by atoms with Gasteiger partial charge >= 0.3 is 0 Å². The number of nitro benzene ring substituents is 1. The molecule has 104 valence electrons. The lowest BCUT2D eigenvalue weighted by Gasteiger charge is -2.10. The molecule has 2 aromatic rings. The molecule has 0 saturated carbocycles. The lowest BCUT2D eigenvalue weighted by molar-refractivity contribution is -0.385. The zero-order chi connectivity index (χ0) is 14.5. The van der Waals surface area contributed by atoms with E-state index in [1.165, 1.54) is 25.3 Å². The van der Waals surface area contributed by atoms with Gasteiger partial charge in [0.15, 0.2) is 11.5 Å². The van der Waals surface area contributed by atoms with E-state index in [4.69, 9.17) is 21.1 Å². The highest BCUT2D eigenvalue weighted by Gasteiger charge is 2.12. The van der Waals surface area contributed by atoms with Crippen LogP contribution < -0.4 is 9.47 Å². The summed E-state index contributed by atoms with van der Waals surface area (Å²) in [6, 6.07) is 7.62. The molecule has 0 atom stereocenters. The van der Waals surface area contributed by atoms with Crippen molar-refractivity contribution in [1.82, 2.24) is 4.98 Å². The van der Waals surface area contributed by atoms with Crippen molar-refractivity contribution in [1.29, 1.82) is 0 Å². The van der Waals surface area contributed by atoms with Gasteiger partial charge in [-0.15, -0.1) is 0 Å². The minimum absolute atomic E-state index is 0.0545. The third-order valence-electron chi connectivity index (χ3n) is 2.54. The molecule has 7 heteroatoms. The first-order valence-corrected chi connectivity index (χ1v) is 6.03. The standard InChI is InChI=1S/C13H11ClN2O4/c1-19-12-7-10(16(17)18)2-3-11(12)20-8-9-4-5-15-13(14)6-9/h2-7H,8H2,1H3. The Hall–Kier alpha value is -2.34. The fourth-order valence-electron chi connectivity index (χ4n) is 1.58. The second kappa shape index (κ2) is 6.21. The van der Waals surface area contributed by atoms with Crippen LogP contribution in [0.4, 0.5) is 5.69 Å². The number of hydrogen-bond donors (Lipinski definition) is 0. The molecule has 0 bridgehead atoms. The van der Waals surface area contributed by atoms with Gasteiger partial charge in [-0.2, -0.15) is 0 Å². The van der Waals surface area contributed by atoms with Crippen LogP contribution in [-0.2, 0) is 6.61 Å². The summed E-state index contributed by atoms with van der Waals surface area (Å²) in [5, 5.41) is 11.1. The van der Waals surface area contributed by atoms with Crippen LogP contribution in [0.15, 0.2) is 36.5 Å². The monoisotopic (exact) mass is 294 g/mol. The van der Waals surface area contributed by atoms with Crippen LogP contribution in [0.2, 0.25) is 5.15 Å². The highest BCUT2D eigenvalue weighted by Crippen LogP contribution is 2.31. The van der Waals surface area contributed by atoms with E-state index in [1.54, 1.807) is 18.3 Å². The zero-order valence-corrected chi connectivity index (χ0v) is 11.3. The summed E-state index contributed by atoms with van der Waals surface area (Å²) in [6.07, 6.45) is 1.58. The van der Waals surface area contributed by atoms with Crippen LogP contribution in [0.3, 0.4) is 0 Å². The maximum atomic E-state index is 10.7. The fraction of sp³-hybridized carbons (Fsp3) is 0.154. The number of hydrogen-bond acceptors (Lipinski definition) is 5. The van der Waals surface area contributed by atoms with Crippen molar-refractivity contribution in [2.75, 3.05) is 7.11 Å². The van der Waals surface area contributed by atoms with Gasteiger partial charge < -0.3 is 9.47 Å². The number of halogens is 1. The number of pyridine rings is 1. The smallest absolute Gasteiger partial charge is 0.273 e. The fourth-order valence-corrected chi connectivity index (χ4v) is 1.78. The third-order valence-corrected chi connectivity index (χ3v) is 2.75. The molecule has 0 unspecified atom stereocenters. The number of nitro groups is 1. The molecular formula is C13H11ClN2O4. The molecule has 0 radical (unpaired) electrons. The highest BCUT2D eigenvalue weighted by atomic mass is 35.5. The Bertz CT molecular complexity index is 634. The third kappa shape index (κ3) is 3.36. The lowest BCUT2D eigenvalue weighted by atomic mass is 10.2. The predicted octanol–water partition coefficient (Wildman–Crippen LogP) is 3.23. The van der Waals surface area contributed by atoms with Gasteiger partial charge in [0.25, 0.3) is 5.69 Å². The van der Waals surface area contributed by atoms with Crippen molar-refractivity contribution in [3.8, 4) is 11.5 Å². The van der Waals surface area contributed by atoms with Crippen LogP contribution in [0.25, 0.3) is 0 Å². The predicted molar refractivity (Wildman–Crippen MR) is 73.2 cm³/mol. The first kappa shape index (κ1) is 14.1. The number of non-ortho nitro benzene ring substituents is 1. The van der Waals surface area contributed by atoms with Crippen LogP contribution in [0, 0.1) is 10.1 Å². The Morgan fingerprint density at radius 3 is 2.75 bits per heavy atom. The van der Waals surface area contributed by atoms with Crippen molar-refractivity contribution < 1.29 is 14.4 Å². The summed E-state index contributed by atoms with van der Waals surface area (Å²) in [5.41, 5.74) is 0.784. The average molecular weight is 295 g/mol. The van der Waals surface area contributed by atoms with Gasteiger partial charge in [0.1, 0.15) is 11.8 Å². The van der Waals surface area contributed by atoms with Crippen molar-refractivity contribution >= 4 is 17.3 Å². The van der Waals surface area contributed by atoms with E-state index in [1.807, 2.05) is 0 Å². The maximum Gasteiger partial charge on any atom is 0.273 e. The molecule has 1 aromatic carbocycles. The molecule has 0 aliphatic carbocycles. The minimum Gasteiger partial charge on any atom is -0.493 e. The van der Waals surface area contributed by atoms with E-state index in [0.717, 1.165) is 5.56 Å². The summed E-state index contributed by atoms with van der Waals surface area (Å²) in [5.74, 6) is 0.727. The molecule has 0 fully saturated rings. The second-order valence-corrected chi connectivity index (χ2v) is 4.26. The second-order valence-electron chi connectivity index (χ2n) is 3.87. The Morgan fingerprint density at radius 2 is 2.10 bits per heavy atom. The molecule has 1 aromatic heterocycles. The van der Waals surface area contributed by atoms with Gasteiger partial charge in [-0.05, 0) is 23.8 Å². The van der Waals surface area contributed by atoms with Gasteiger partial charge in [0.05, 0.1) is 18.1 Å². The molecule has 0 aliphatic rings. The molecular weight excluding hydrogens is 284 g/mol. The Balaban J connectivity index is 2.15. The Labute approximate surface area is 120 Å². The number of rotatable bonds is 5. The molecule has 2 rings (SSSR count). The summed E-state index contributed by atoms with van der Waals surface area (Å²) in [7, 11) is 1.43. The van der Waals surface area contributed by atoms with Crippen molar-refractivity contribution in [2.24, 2.45) is 0 Å². The lowest BCUT2D eigenvalue weighted by Crippen LogP contribution is -1.99. The van der Waals surface area contributed by atoms with E-state index in [0.29, 0.717) is 16.7 Å². The quantitative estimate of drug-likeness (QED) is 0.481. The van der Waals surface area contributed by atoms with Gasteiger partial charge in [-0.25, -0.2) is 4.98 Å². The van der Waals surface area contributed by atoms with E-state index < -0.39 is 4.92 Å². The number of ether oxygens (including phenoxy) is 2. The van der Waals surface area contributed by atoms with E-state index in [9.17, 15) is 10.1 Å². The van der Waals surface area contributed by atoms with Gasteiger partial charge in [-0.1, -0.05) is 11.6 Å². The largest absolute Gasteiger partial charge is 0.493 e. The van der Waals surface area contributed by atoms with Crippen LogP contribution in [-0.4, -0.2) is 17.0 Å². The van der Waals surface area contributed by atoms with Crippen LogP contribution in [0.5, 0.6) is 11.5 Å². The van der Waals surface area contributed by atoms with E-state index >= 15 is 0 Å². The zero-order valence-electron chi connectivity index (χ0n) is 10.6. The molecule has 0 spiro atoms. The maximum absolute atomic E-state index is 10.7. The average Bonchev–Trinajstić information content (AvgIpc) is 2.45. The molecule has 0 amide bonds. The number of benzene rings is 1.